The first-order valence-corrected chi connectivity index (χ1v) is 13.9. The van der Waals surface area contributed by atoms with Gasteiger partial charge in [-0.05, 0) is 56.8 Å². The number of fused-ring (bicyclic) bond motifs is 3. The minimum absolute atomic E-state index is 0.0634. The van der Waals surface area contributed by atoms with Crippen LogP contribution in [0.25, 0.3) is 17.1 Å². The molecule has 3 aliphatic carbocycles. The van der Waals surface area contributed by atoms with E-state index >= 15 is 0 Å². The number of aliphatic hydroxyl groups excluding tert-OH is 2. The maximum Gasteiger partial charge on any atom is 0.255 e. The van der Waals surface area contributed by atoms with Crippen LogP contribution in [0.3, 0.4) is 0 Å². The van der Waals surface area contributed by atoms with E-state index in [2.05, 4.69) is 5.32 Å². The molecule has 224 valence electrons. The first-order chi connectivity index (χ1) is 19.5. The average Bonchev–Trinajstić information content (AvgIpc) is 3.33. The Morgan fingerprint density at radius 3 is 2.40 bits per heavy atom. The number of ketones is 2. The molecular weight excluding hydrogens is 540 g/mol. The molecule has 1 saturated carbocycles. The monoisotopic (exact) mass is 578 g/mol. The standard InChI is InChI=1S/C31H38N4O7/c1-14(2)34-12-15-7-10-19(42-15)16-8-9-18(36)20-17(16)11-29(3)13-30(4)25(35(5)6)24(38)21(28(32)41)26(39)31(30,33)27(40)22(29)23(20)37/h7-10,14,25,34,36-37,39H,11-13,33H2,1-6H3,(H2,32,41)/t25?,29?,30?,31-/m1/s1. The Hall–Kier alpha value is -3.93. The second-order valence-electron chi connectivity index (χ2n) is 12.8. The molecule has 8 N–H and O–H groups in total. The van der Waals surface area contributed by atoms with Gasteiger partial charge in [0.05, 0.1) is 18.2 Å². The van der Waals surface area contributed by atoms with E-state index < -0.39 is 57.0 Å². The molecule has 1 aromatic carbocycles. The predicted molar refractivity (Wildman–Crippen MR) is 155 cm³/mol. The number of carbonyl (C=O) groups excluding carboxylic acids is 3. The predicted octanol–water partition coefficient (Wildman–Crippen LogP) is 2.47. The van der Waals surface area contributed by atoms with E-state index in [1.165, 1.54) is 6.07 Å². The van der Waals surface area contributed by atoms with E-state index in [0.717, 1.165) is 0 Å². The van der Waals surface area contributed by atoms with Crippen LogP contribution in [0.2, 0.25) is 0 Å². The maximum absolute atomic E-state index is 14.5. The van der Waals surface area contributed by atoms with E-state index in [1.807, 2.05) is 26.0 Å². The highest BCUT2D eigenvalue weighted by molar-refractivity contribution is 6.25. The van der Waals surface area contributed by atoms with Crippen LogP contribution in [0.1, 0.15) is 51.0 Å². The van der Waals surface area contributed by atoms with Crippen LogP contribution in [0.4, 0.5) is 0 Å². The van der Waals surface area contributed by atoms with Gasteiger partial charge < -0.3 is 36.5 Å². The number of phenols is 1. The highest BCUT2D eigenvalue weighted by atomic mass is 16.3. The lowest BCUT2D eigenvalue weighted by Gasteiger charge is -2.60. The van der Waals surface area contributed by atoms with Gasteiger partial charge in [-0.3, -0.25) is 19.3 Å². The Morgan fingerprint density at radius 2 is 1.81 bits per heavy atom. The van der Waals surface area contributed by atoms with E-state index in [4.69, 9.17) is 15.9 Å². The molecule has 0 saturated heterocycles. The van der Waals surface area contributed by atoms with Crippen LogP contribution in [0.5, 0.6) is 5.75 Å². The third-order valence-corrected chi connectivity index (χ3v) is 9.26. The Morgan fingerprint density at radius 1 is 1.14 bits per heavy atom. The summed E-state index contributed by atoms with van der Waals surface area (Å²) in [6, 6.07) is 5.96. The van der Waals surface area contributed by atoms with E-state index in [9.17, 15) is 29.7 Å². The molecule has 0 bridgehead atoms. The van der Waals surface area contributed by atoms with Crippen molar-refractivity contribution in [1.82, 2.24) is 10.2 Å². The quantitative estimate of drug-likeness (QED) is 0.277. The van der Waals surface area contributed by atoms with Crippen molar-refractivity contribution in [3.63, 3.8) is 0 Å². The molecule has 1 aromatic heterocycles. The fraction of sp³-hybridized carbons (Fsp3) is 0.452. The van der Waals surface area contributed by atoms with Crippen molar-refractivity contribution in [2.24, 2.45) is 22.3 Å². The van der Waals surface area contributed by atoms with E-state index in [-0.39, 0.29) is 35.8 Å². The number of amides is 1. The van der Waals surface area contributed by atoms with Crippen LogP contribution < -0.4 is 16.8 Å². The highest BCUT2D eigenvalue weighted by Crippen LogP contribution is 2.62. The summed E-state index contributed by atoms with van der Waals surface area (Å²) in [6.45, 7) is 8.00. The SMILES string of the molecule is CC(C)NCc1ccc(-c2ccc(O)c3c2CC2(C)CC4(C)C(N(C)C)C(=O)C(C(N)=O)=C(O)[C@@]4(N)C(=O)C2=C3O)o1. The number of Topliss-reactive ketones (excluding diaryl/α,β-unsaturated/α-hetero) is 2. The van der Waals surface area contributed by atoms with Gasteiger partial charge in [-0.1, -0.05) is 27.7 Å². The van der Waals surface area contributed by atoms with Gasteiger partial charge in [0.2, 0.25) is 0 Å². The van der Waals surface area contributed by atoms with Gasteiger partial charge in [0.1, 0.15) is 39.9 Å². The molecule has 3 aliphatic rings. The van der Waals surface area contributed by atoms with Crippen LogP contribution >= 0.6 is 0 Å². The summed E-state index contributed by atoms with van der Waals surface area (Å²) in [5.74, 6) is -3.17. The van der Waals surface area contributed by atoms with Crippen LogP contribution in [-0.2, 0) is 27.3 Å². The number of carbonyl (C=O) groups is 3. The van der Waals surface area contributed by atoms with Gasteiger partial charge in [0, 0.05) is 28.0 Å². The summed E-state index contributed by atoms with van der Waals surface area (Å²) in [5.41, 5.74) is 7.97. The molecule has 1 fully saturated rings. The normalized spacial score (nSPS) is 29.2. The first kappa shape index (κ1) is 29.6. The summed E-state index contributed by atoms with van der Waals surface area (Å²) < 4.78 is 6.12. The second-order valence-corrected chi connectivity index (χ2v) is 12.8. The Kier molecular flexibility index (Phi) is 6.72. The smallest absolute Gasteiger partial charge is 0.255 e. The molecule has 1 amide bonds. The molecule has 3 unspecified atom stereocenters. The number of rotatable bonds is 6. The van der Waals surface area contributed by atoms with E-state index in [1.54, 1.807) is 38.9 Å². The second kappa shape index (κ2) is 9.55. The Labute approximate surface area is 243 Å². The number of nitrogens with one attached hydrogen (secondary N) is 1. The number of primary amides is 1. The van der Waals surface area contributed by atoms with Gasteiger partial charge >= 0.3 is 0 Å². The lowest BCUT2D eigenvalue weighted by molar-refractivity contribution is -0.144. The molecule has 4 atom stereocenters. The molecule has 0 spiro atoms. The van der Waals surface area contributed by atoms with E-state index in [0.29, 0.717) is 29.2 Å². The highest BCUT2D eigenvalue weighted by Gasteiger charge is 2.71. The number of furan rings is 1. The molecule has 0 aliphatic heterocycles. The van der Waals surface area contributed by atoms with Gasteiger partial charge in [0.25, 0.3) is 5.91 Å². The number of likely N-dealkylation sites (N-methyl/N-ethyl adjacent to an activating group) is 1. The van der Waals surface area contributed by atoms with Crippen molar-refractivity contribution in [3.8, 4) is 17.1 Å². The molecule has 11 nitrogen and oxygen atoms in total. The van der Waals surface area contributed by atoms with Gasteiger partial charge in [-0.2, -0.15) is 0 Å². The minimum atomic E-state index is -2.26. The summed E-state index contributed by atoms with van der Waals surface area (Å²) >= 11 is 0. The number of phenolic OH excluding ortho intramolecular Hbond substituents is 1. The van der Waals surface area contributed by atoms with Crippen LogP contribution in [0.15, 0.2) is 45.6 Å². The summed E-state index contributed by atoms with van der Waals surface area (Å²) in [5, 5.41) is 37.2. The summed E-state index contributed by atoms with van der Waals surface area (Å²) in [4.78, 5) is 42.0. The zero-order valence-electron chi connectivity index (χ0n) is 24.7. The van der Waals surface area contributed by atoms with Crippen molar-refractivity contribution in [2.75, 3.05) is 14.1 Å². The van der Waals surface area contributed by atoms with Crippen LogP contribution in [-0.4, -0.2) is 69.4 Å². The number of hydrogen-bond donors (Lipinski definition) is 6. The lowest BCUT2D eigenvalue weighted by atomic mass is 9.45. The van der Waals surface area contributed by atoms with Gasteiger partial charge in [-0.15, -0.1) is 0 Å². The zero-order valence-corrected chi connectivity index (χ0v) is 24.7. The molecular formula is C31H38N4O7. The fourth-order valence-corrected chi connectivity index (χ4v) is 7.54. The molecule has 1 heterocycles. The number of nitrogens with two attached hydrogens (primary N) is 2. The maximum atomic E-state index is 14.5. The zero-order chi connectivity index (χ0) is 31.1. The van der Waals surface area contributed by atoms with Crippen LogP contribution in [0, 0.1) is 10.8 Å². The van der Waals surface area contributed by atoms with Gasteiger partial charge in [0.15, 0.2) is 11.6 Å². The molecule has 2 aromatic rings. The molecule has 0 radical (unpaired) electrons. The molecule has 5 rings (SSSR count). The van der Waals surface area contributed by atoms with Crippen molar-refractivity contribution < 1.29 is 34.1 Å². The fourth-order valence-electron chi connectivity index (χ4n) is 7.54. The number of aliphatic hydroxyl groups is 2. The Balaban J connectivity index is 1.74. The number of aromatic hydroxyl groups is 1. The summed E-state index contributed by atoms with van der Waals surface area (Å²) in [6.07, 6.45) is 0.257. The van der Waals surface area contributed by atoms with Crippen molar-refractivity contribution in [2.45, 2.75) is 64.7 Å². The lowest BCUT2D eigenvalue weighted by Crippen LogP contribution is -2.76. The van der Waals surface area contributed by atoms with Crippen molar-refractivity contribution in [3.05, 3.63) is 58.1 Å². The number of benzene rings is 1. The minimum Gasteiger partial charge on any atom is -0.509 e. The number of nitrogens with zero attached hydrogens (tertiary/aromatic N) is 1. The topological polar surface area (TPSA) is 192 Å². The Bertz CT molecular complexity index is 1600. The van der Waals surface area contributed by atoms with Crippen molar-refractivity contribution in [1.29, 1.82) is 0 Å². The largest absolute Gasteiger partial charge is 0.509 e. The molecule has 11 heteroatoms. The third kappa shape index (κ3) is 3.87. The summed E-state index contributed by atoms with van der Waals surface area (Å²) in [7, 11) is 3.25. The molecule has 42 heavy (non-hydrogen) atoms. The van der Waals surface area contributed by atoms with Crippen molar-refractivity contribution >= 4 is 23.2 Å². The average molecular weight is 579 g/mol. The first-order valence-electron chi connectivity index (χ1n) is 13.9. The van der Waals surface area contributed by atoms with Gasteiger partial charge in [-0.25, -0.2) is 0 Å². The third-order valence-electron chi connectivity index (χ3n) is 9.26. The number of hydrogen-bond acceptors (Lipinski definition) is 10.